The van der Waals surface area contributed by atoms with Crippen LogP contribution in [0.1, 0.15) is 32.1 Å². The van der Waals surface area contributed by atoms with Crippen LogP contribution in [0.15, 0.2) is 11.7 Å². The van der Waals surface area contributed by atoms with Crippen molar-refractivity contribution in [1.82, 2.24) is 9.88 Å². The number of hydrogen-bond acceptors (Lipinski definition) is 3. The first kappa shape index (κ1) is 11.1. The lowest BCUT2D eigenvalue weighted by Crippen LogP contribution is -2.32. The zero-order chi connectivity index (χ0) is 10.8. The van der Waals surface area contributed by atoms with Gasteiger partial charge < -0.3 is 0 Å². The van der Waals surface area contributed by atoms with Crippen molar-refractivity contribution >= 4 is 11.3 Å². The van der Waals surface area contributed by atoms with E-state index in [1.165, 1.54) is 17.8 Å². The van der Waals surface area contributed by atoms with Gasteiger partial charge >= 0.3 is 0 Å². The smallest absolute Gasteiger partial charge is 0.0794 e. The van der Waals surface area contributed by atoms with Crippen molar-refractivity contribution in [2.24, 2.45) is 11.8 Å². The van der Waals surface area contributed by atoms with E-state index in [0.717, 1.165) is 18.4 Å². The molecular weight excluding hydrogens is 204 g/mol. The highest BCUT2D eigenvalue weighted by molar-refractivity contribution is 7.09. The molecule has 2 nitrogen and oxygen atoms in total. The van der Waals surface area contributed by atoms with Crippen LogP contribution in [0.2, 0.25) is 0 Å². The normalized spacial score (nSPS) is 25.1. The van der Waals surface area contributed by atoms with Crippen LogP contribution in [-0.4, -0.2) is 22.5 Å². The zero-order valence-corrected chi connectivity index (χ0v) is 10.6. The van der Waals surface area contributed by atoms with Gasteiger partial charge in [0.15, 0.2) is 0 Å². The Bertz CT molecular complexity index is 295. The summed E-state index contributed by atoms with van der Waals surface area (Å²) >= 11 is 1.76. The number of hydrogen-bond donors (Lipinski definition) is 0. The molecule has 0 unspecified atom stereocenters. The summed E-state index contributed by atoms with van der Waals surface area (Å²) in [4.78, 5) is 8.09. The van der Waals surface area contributed by atoms with E-state index in [4.69, 9.17) is 0 Å². The Morgan fingerprint density at radius 3 is 2.80 bits per heavy atom. The first-order valence-electron chi connectivity index (χ1n) is 5.78. The minimum absolute atomic E-state index is 0.639. The lowest BCUT2D eigenvalue weighted by atomic mass is 10.2. The summed E-state index contributed by atoms with van der Waals surface area (Å²) in [6, 6.07) is 0.639. The van der Waals surface area contributed by atoms with Gasteiger partial charge in [-0.25, -0.2) is 0 Å². The van der Waals surface area contributed by atoms with Gasteiger partial charge in [0.2, 0.25) is 0 Å². The molecule has 0 amide bonds. The molecule has 1 aliphatic carbocycles. The lowest BCUT2D eigenvalue weighted by Gasteiger charge is -2.25. The van der Waals surface area contributed by atoms with E-state index in [0.29, 0.717) is 6.04 Å². The van der Waals surface area contributed by atoms with Gasteiger partial charge in [-0.2, -0.15) is 0 Å². The van der Waals surface area contributed by atoms with Crippen LogP contribution in [-0.2, 0) is 6.54 Å². The highest BCUT2D eigenvalue weighted by Crippen LogP contribution is 2.38. The predicted octanol–water partition coefficient (Wildman–Crippen LogP) is 3.01. The standard InChI is InChI=1S/C12H20N2S/c1-9(2)14(6-11-4-10(11)3)7-12-5-13-8-15-12/h5,8-11H,4,6-7H2,1-3H3/t10-,11+/m0/s1. The molecule has 2 rings (SSSR count). The predicted molar refractivity (Wildman–Crippen MR) is 64.9 cm³/mol. The second-order valence-electron chi connectivity index (χ2n) is 4.96. The molecule has 1 aromatic rings. The zero-order valence-electron chi connectivity index (χ0n) is 9.81. The van der Waals surface area contributed by atoms with E-state index >= 15 is 0 Å². The molecule has 3 heteroatoms. The molecule has 0 aliphatic heterocycles. The minimum Gasteiger partial charge on any atom is -0.296 e. The fourth-order valence-corrected chi connectivity index (χ4v) is 2.55. The topological polar surface area (TPSA) is 16.1 Å². The summed E-state index contributed by atoms with van der Waals surface area (Å²) < 4.78 is 0. The molecule has 84 valence electrons. The first-order valence-corrected chi connectivity index (χ1v) is 6.66. The van der Waals surface area contributed by atoms with E-state index in [1.54, 1.807) is 11.3 Å². The molecule has 0 saturated heterocycles. The van der Waals surface area contributed by atoms with E-state index in [2.05, 4.69) is 30.7 Å². The summed E-state index contributed by atoms with van der Waals surface area (Å²) in [5, 5.41) is 0. The molecule has 1 saturated carbocycles. The van der Waals surface area contributed by atoms with Gasteiger partial charge in [-0.3, -0.25) is 9.88 Å². The molecule has 0 aromatic carbocycles. The van der Waals surface area contributed by atoms with Crippen LogP contribution in [0.25, 0.3) is 0 Å². The van der Waals surface area contributed by atoms with Gasteiger partial charge in [0.05, 0.1) is 5.51 Å². The average molecular weight is 224 g/mol. The van der Waals surface area contributed by atoms with Crippen molar-refractivity contribution in [3.63, 3.8) is 0 Å². The SMILES string of the molecule is CC(C)N(Cc1cncs1)C[C@H]1C[C@@H]1C. The van der Waals surface area contributed by atoms with Gasteiger partial charge in [0.1, 0.15) is 0 Å². The van der Waals surface area contributed by atoms with Crippen LogP contribution in [0.5, 0.6) is 0 Å². The number of thiazole rings is 1. The van der Waals surface area contributed by atoms with Gasteiger partial charge in [0.25, 0.3) is 0 Å². The van der Waals surface area contributed by atoms with Gasteiger partial charge in [0, 0.05) is 30.2 Å². The van der Waals surface area contributed by atoms with Crippen molar-refractivity contribution in [3.05, 3.63) is 16.6 Å². The quantitative estimate of drug-likeness (QED) is 0.764. The van der Waals surface area contributed by atoms with Crippen molar-refractivity contribution in [2.45, 2.75) is 39.8 Å². The Morgan fingerprint density at radius 2 is 2.33 bits per heavy atom. The highest BCUT2D eigenvalue weighted by Gasteiger charge is 2.34. The Labute approximate surface area is 96.3 Å². The molecule has 1 heterocycles. The first-order chi connectivity index (χ1) is 7.16. The maximum Gasteiger partial charge on any atom is 0.0794 e. The lowest BCUT2D eigenvalue weighted by molar-refractivity contribution is 0.202. The summed E-state index contributed by atoms with van der Waals surface area (Å²) in [6.07, 6.45) is 3.42. The fourth-order valence-electron chi connectivity index (χ4n) is 1.93. The second kappa shape index (κ2) is 4.62. The Balaban J connectivity index is 1.88. The molecule has 1 aliphatic rings. The minimum atomic E-state index is 0.639. The van der Waals surface area contributed by atoms with Crippen molar-refractivity contribution in [2.75, 3.05) is 6.54 Å². The van der Waals surface area contributed by atoms with Crippen molar-refractivity contribution in [1.29, 1.82) is 0 Å². The Hall–Kier alpha value is -0.410. The van der Waals surface area contributed by atoms with E-state index in [-0.39, 0.29) is 0 Å². The molecule has 0 N–H and O–H groups in total. The number of rotatable bonds is 5. The summed E-state index contributed by atoms with van der Waals surface area (Å²) in [5.41, 5.74) is 1.92. The average Bonchev–Trinajstić information content (AvgIpc) is 2.66. The monoisotopic (exact) mass is 224 g/mol. The van der Waals surface area contributed by atoms with Crippen LogP contribution in [0.4, 0.5) is 0 Å². The van der Waals surface area contributed by atoms with Gasteiger partial charge in [-0.1, -0.05) is 6.92 Å². The van der Waals surface area contributed by atoms with Crippen LogP contribution < -0.4 is 0 Å². The Morgan fingerprint density at radius 1 is 1.60 bits per heavy atom. The molecule has 1 fully saturated rings. The third-order valence-electron chi connectivity index (χ3n) is 3.32. The third kappa shape index (κ3) is 3.02. The molecule has 2 atom stereocenters. The molecule has 0 spiro atoms. The van der Waals surface area contributed by atoms with Gasteiger partial charge in [-0.05, 0) is 32.1 Å². The van der Waals surface area contributed by atoms with E-state index in [1.807, 2.05) is 11.7 Å². The fraction of sp³-hybridized carbons (Fsp3) is 0.750. The van der Waals surface area contributed by atoms with E-state index < -0.39 is 0 Å². The maximum atomic E-state index is 4.14. The summed E-state index contributed by atoms with van der Waals surface area (Å²) in [5.74, 6) is 1.90. The third-order valence-corrected chi connectivity index (χ3v) is 4.08. The largest absolute Gasteiger partial charge is 0.296 e. The summed E-state index contributed by atoms with van der Waals surface area (Å²) in [7, 11) is 0. The highest BCUT2D eigenvalue weighted by atomic mass is 32.1. The van der Waals surface area contributed by atoms with Crippen LogP contribution in [0.3, 0.4) is 0 Å². The van der Waals surface area contributed by atoms with Crippen molar-refractivity contribution < 1.29 is 0 Å². The van der Waals surface area contributed by atoms with E-state index in [9.17, 15) is 0 Å². The molecule has 1 aromatic heterocycles. The molecule has 0 radical (unpaired) electrons. The molecular formula is C12H20N2S. The second-order valence-corrected chi connectivity index (χ2v) is 5.93. The maximum absolute atomic E-state index is 4.14. The molecule has 15 heavy (non-hydrogen) atoms. The summed E-state index contributed by atoms with van der Waals surface area (Å²) in [6.45, 7) is 9.26. The Kier molecular flexibility index (Phi) is 3.42. The number of nitrogens with zero attached hydrogens (tertiary/aromatic N) is 2. The van der Waals surface area contributed by atoms with Crippen LogP contribution >= 0.6 is 11.3 Å². The van der Waals surface area contributed by atoms with Crippen molar-refractivity contribution in [3.8, 4) is 0 Å². The van der Waals surface area contributed by atoms with Crippen LogP contribution in [0, 0.1) is 11.8 Å². The number of aromatic nitrogens is 1. The van der Waals surface area contributed by atoms with Gasteiger partial charge in [-0.15, -0.1) is 11.3 Å². The molecule has 0 bridgehead atoms.